The summed E-state index contributed by atoms with van der Waals surface area (Å²) in [6.45, 7) is 0. The van der Waals surface area contributed by atoms with E-state index in [9.17, 15) is 24.9 Å². The smallest absolute Gasteiger partial charge is 0.220 e. The number of carbonyl (C=O) groups excluding carboxylic acids is 2. The Labute approximate surface area is 109 Å². The van der Waals surface area contributed by atoms with E-state index in [0.717, 1.165) is 0 Å². The van der Waals surface area contributed by atoms with Crippen LogP contribution in [0, 0.1) is 0 Å². The molecule has 1 amide bonds. The average Bonchev–Trinajstić information content (AvgIpc) is 2.36. The molecule has 0 aliphatic rings. The van der Waals surface area contributed by atoms with Crippen LogP contribution in [0.2, 0.25) is 0 Å². The topological polar surface area (TPSA) is 130 Å². The molecule has 2 unspecified atom stereocenters. The van der Waals surface area contributed by atoms with Crippen molar-refractivity contribution in [2.75, 3.05) is 7.11 Å². The number of hydrogen-bond acceptors (Lipinski definition) is 6. The lowest BCUT2D eigenvalue weighted by Gasteiger charge is -2.20. The van der Waals surface area contributed by atoms with Crippen LogP contribution in [0.3, 0.4) is 0 Å². The van der Waals surface area contributed by atoms with Gasteiger partial charge in [-0.05, 0) is 12.1 Å². The van der Waals surface area contributed by atoms with E-state index in [2.05, 4.69) is 0 Å². The van der Waals surface area contributed by atoms with Gasteiger partial charge in [0.1, 0.15) is 6.10 Å². The van der Waals surface area contributed by atoms with Crippen LogP contribution in [-0.2, 0) is 4.79 Å². The number of carbonyl (C=O) groups is 2. The van der Waals surface area contributed by atoms with Crippen LogP contribution in [0.1, 0.15) is 28.4 Å². The van der Waals surface area contributed by atoms with Gasteiger partial charge in [0.2, 0.25) is 5.91 Å². The molecule has 0 saturated heterocycles. The van der Waals surface area contributed by atoms with Gasteiger partial charge in [0.15, 0.2) is 17.8 Å². The van der Waals surface area contributed by atoms with Crippen LogP contribution in [0.25, 0.3) is 0 Å². The number of phenols is 1. The first-order valence-corrected chi connectivity index (χ1v) is 5.41. The summed E-state index contributed by atoms with van der Waals surface area (Å²) in [5.74, 6) is -1.25. The van der Waals surface area contributed by atoms with Gasteiger partial charge in [-0.2, -0.15) is 0 Å². The average molecular weight is 269 g/mol. The van der Waals surface area contributed by atoms with Gasteiger partial charge >= 0.3 is 0 Å². The fourth-order valence-corrected chi connectivity index (χ4v) is 1.69. The quantitative estimate of drug-likeness (QED) is 0.514. The highest BCUT2D eigenvalue weighted by atomic mass is 16.5. The molecule has 1 aromatic carbocycles. The zero-order valence-corrected chi connectivity index (χ0v) is 10.2. The van der Waals surface area contributed by atoms with E-state index in [1.807, 2.05) is 0 Å². The highest BCUT2D eigenvalue weighted by Gasteiger charge is 2.27. The number of aliphatic hydroxyl groups excluding tert-OH is 2. The lowest BCUT2D eigenvalue weighted by Crippen LogP contribution is -2.26. The number of rotatable bonds is 6. The van der Waals surface area contributed by atoms with E-state index >= 15 is 0 Å². The minimum Gasteiger partial charge on any atom is -0.504 e. The van der Waals surface area contributed by atoms with E-state index in [1.165, 1.54) is 19.2 Å². The first-order valence-electron chi connectivity index (χ1n) is 5.41. The third-order valence-electron chi connectivity index (χ3n) is 2.63. The summed E-state index contributed by atoms with van der Waals surface area (Å²) < 4.78 is 4.85. The maximum atomic E-state index is 10.9. The maximum Gasteiger partial charge on any atom is 0.220 e. The number of ether oxygens (including phenoxy) is 1. The number of nitrogens with two attached hydrogens (primary N) is 1. The minimum absolute atomic E-state index is 0.0191. The summed E-state index contributed by atoms with van der Waals surface area (Å²) in [7, 11) is 1.30. The van der Waals surface area contributed by atoms with Gasteiger partial charge in [-0.15, -0.1) is 0 Å². The summed E-state index contributed by atoms with van der Waals surface area (Å²) in [5.41, 5.74) is 4.68. The molecule has 0 bridgehead atoms. The molecule has 0 heterocycles. The van der Waals surface area contributed by atoms with Gasteiger partial charge in [0.05, 0.1) is 19.6 Å². The predicted octanol–water partition coefficient (Wildman–Crippen LogP) is -0.517. The Bertz CT molecular complexity index is 487. The molecule has 0 fully saturated rings. The number of aliphatic hydroxyl groups is 2. The second-order valence-electron chi connectivity index (χ2n) is 3.92. The van der Waals surface area contributed by atoms with E-state index in [1.54, 1.807) is 0 Å². The Balaban J connectivity index is 3.23. The van der Waals surface area contributed by atoms with Gasteiger partial charge in [-0.1, -0.05) is 0 Å². The molecule has 0 saturated carbocycles. The predicted molar refractivity (Wildman–Crippen MR) is 64.8 cm³/mol. The van der Waals surface area contributed by atoms with Crippen LogP contribution < -0.4 is 10.5 Å². The van der Waals surface area contributed by atoms with Crippen LogP contribution in [0.5, 0.6) is 11.5 Å². The fraction of sp³-hybridized carbons (Fsp3) is 0.333. The zero-order chi connectivity index (χ0) is 14.6. The van der Waals surface area contributed by atoms with E-state index < -0.39 is 30.3 Å². The first kappa shape index (κ1) is 14.9. The number of primary amides is 1. The Morgan fingerprint density at radius 2 is 2.11 bits per heavy atom. The van der Waals surface area contributed by atoms with Crippen molar-refractivity contribution in [3.8, 4) is 11.5 Å². The van der Waals surface area contributed by atoms with Gasteiger partial charge < -0.3 is 25.8 Å². The Kier molecular flexibility index (Phi) is 4.85. The number of aromatic hydroxyl groups is 1. The molecule has 104 valence electrons. The highest BCUT2D eigenvalue weighted by Crippen LogP contribution is 2.37. The molecule has 0 aliphatic heterocycles. The largest absolute Gasteiger partial charge is 0.504 e. The molecule has 5 N–H and O–H groups in total. The maximum absolute atomic E-state index is 10.9. The Morgan fingerprint density at radius 3 is 2.58 bits per heavy atom. The fourth-order valence-electron chi connectivity index (χ4n) is 1.69. The van der Waals surface area contributed by atoms with E-state index in [4.69, 9.17) is 10.5 Å². The lowest BCUT2D eigenvalue weighted by molar-refractivity contribution is -0.121. The summed E-state index contributed by atoms with van der Waals surface area (Å²) in [5, 5.41) is 29.4. The minimum atomic E-state index is -1.64. The zero-order valence-electron chi connectivity index (χ0n) is 10.2. The first-order chi connectivity index (χ1) is 8.92. The summed E-state index contributed by atoms with van der Waals surface area (Å²) >= 11 is 0. The molecule has 0 spiro atoms. The standard InChI is InChI=1S/C12H15NO6/c1-19-8-3-2-6(5-14)10(12(8)18)11(17)7(15)4-9(13)16/h2-3,5,7,11,15,17-18H,4H2,1H3,(H2,13,16). The van der Waals surface area contributed by atoms with E-state index in [-0.39, 0.29) is 16.9 Å². The van der Waals surface area contributed by atoms with Crippen molar-refractivity contribution in [1.29, 1.82) is 0 Å². The summed E-state index contributed by atoms with van der Waals surface area (Å²) in [4.78, 5) is 21.6. The van der Waals surface area contributed by atoms with Crippen molar-refractivity contribution in [3.05, 3.63) is 23.3 Å². The third kappa shape index (κ3) is 3.21. The molecule has 0 aliphatic carbocycles. The Hall–Kier alpha value is -2.12. The molecular formula is C12H15NO6. The molecule has 1 rings (SSSR count). The van der Waals surface area contributed by atoms with Crippen molar-refractivity contribution in [2.24, 2.45) is 5.73 Å². The molecule has 7 heteroatoms. The van der Waals surface area contributed by atoms with Gasteiger partial charge in [-0.25, -0.2) is 0 Å². The number of hydrogen-bond donors (Lipinski definition) is 4. The molecule has 0 radical (unpaired) electrons. The Morgan fingerprint density at radius 1 is 1.47 bits per heavy atom. The van der Waals surface area contributed by atoms with Gasteiger partial charge in [0, 0.05) is 11.1 Å². The number of phenolic OH excluding ortho intramolecular Hbond substituents is 1. The SMILES string of the molecule is COc1ccc(C=O)c(C(O)C(O)CC(N)=O)c1O. The van der Waals surface area contributed by atoms with Crippen molar-refractivity contribution < 1.29 is 29.6 Å². The summed E-state index contributed by atoms with van der Waals surface area (Å²) in [6, 6.07) is 2.66. The molecule has 1 aromatic rings. The normalized spacial score (nSPS) is 13.6. The molecule has 0 aromatic heterocycles. The molecular weight excluding hydrogens is 254 g/mol. The van der Waals surface area contributed by atoms with Gasteiger partial charge in [0.25, 0.3) is 0 Å². The van der Waals surface area contributed by atoms with Crippen LogP contribution in [0.4, 0.5) is 0 Å². The summed E-state index contributed by atoms with van der Waals surface area (Å²) in [6.07, 6.45) is -3.26. The van der Waals surface area contributed by atoms with Crippen molar-refractivity contribution in [1.82, 2.24) is 0 Å². The molecule has 7 nitrogen and oxygen atoms in total. The second kappa shape index (κ2) is 6.17. The third-order valence-corrected chi connectivity index (χ3v) is 2.63. The number of amides is 1. The second-order valence-corrected chi connectivity index (χ2v) is 3.92. The highest BCUT2D eigenvalue weighted by molar-refractivity contribution is 5.80. The number of aldehydes is 1. The monoisotopic (exact) mass is 269 g/mol. The number of benzene rings is 1. The van der Waals surface area contributed by atoms with Crippen LogP contribution in [-0.4, -0.2) is 40.7 Å². The van der Waals surface area contributed by atoms with Crippen LogP contribution >= 0.6 is 0 Å². The van der Waals surface area contributed by atoms with Crippen LogP contribution in [0.15, 0.2) is 12.1 Å². The van der Waals surface area contributed by atoms with Crippen molar-refractivity contribution in [3.63, 3.8) is 0 Å². The molecule has 2 atom stereocenters. The number of methoxy groups -OCH3 is 1. The van der Waals surface area contributed by atoms with Crippen molar-refractivity contribution >= 4 is 12.2 Å². The van der Waals surface area contributed by atoms with Crippen molar-refractivity contribution in [2.45, 2.75) is 18.6 Å². The van der Waals surface area contributed by atoms with Gasteiger partial charge in [-0.3, -0.25) is 9.59 Å². The van der Waals surface area contributed by atoms with E-state index in [0.29, 0.717) is 6.29 Å². The molecule has 19 heavy (non-hydrogen) atoms. The lowest BCUT2D eigenvalue weighted by atomic mass is 9.96.